The number of benzene rings is 1. The second-order valence-electron chi connectivity index (χ2n) is 5.01. The van der Waals surface area contributed by atoms with Gasteiger partial charge in [0.15, 0.2) is 0 Å². The Hall–Kier alpha value is -1.02. The first-order chi connectivity index (χ1) is 7.55. The number of nitrogens with two attached hydrogens (primary N) is 1. The lowest BCUT2D eigenvalue weighted by Crippen LogP contribution is -2.39. The number of ether oxygens (including phenoxy) is 1. The standard InChI is InChI=1S/C14H21NO/c1-4-10(2)14(3,15)12-5-6-13-11(9-12)7-8-16-13/h5-6,9-10H,4,7-8,15H2,1-3H3. The summed E-state index contributed by atoms with van der Waals surface area (Å²) in [5, 5.41) is 0. The predicted molar refractivity (Wildman–Crippen MR) is 66.6 cm³/mol. The van der Waals surface area contributed by atoms with Crippen molar-refractivity contribution in [1.29, 1.82) is 0 Å². The largest absolute Gasteiger partial charge is 0.493 e. The van der Waals surface area contributed by atoms with Crippen LogP contribution in [0.2, 0.25) is 0 Å². The van der Waals surface area contributed by atoms with E-state index in [4.69, 9.17) is 10.5 Å². The Kier molecular flexibility index (Phi) is 2.94. The molecule has 2 N–H and O–H groups in total. The maximum absolute atomic E-state index is 6.45. The van der Waals surface area contributed by atoms with Crippen molar-refractivity contribution in [2.75, 3.05) is 6.61 Å². The average molecular weight is 219 g/mol. The Morgan fingerprint density at radius 1 is 1.50 bits per heavy atom. The molecule has 2 atom stereocenters. The molecular formula is C14H21NO. The van der Waals surface area contributed by atoms with Gasteiger partial charge in [-0.25, -0.2) is 0 Å². The zero-order valence-corrected chi connectivity index (χ0v) is 10.4. The molecule has 2 nitrogen and oxygen atoms in total. The summed E-state index contributed by atoms with van der Waals surface area (Å²) in [7, 11) is 0. The number of hydrogen-bond donors (Lipinski definition) is 1. The molecule has 0 radical (unpaired) electrons. The molecule has 0 aliphatic carbocycles. The Bertz CT molecular complexity index is 384. The molecule has 0 saturated carbocycles. The van der Waals surface area contributed by atoms with E-state index < -0.39 is 0 Å². The van der Waals surface area contributed by atoms with Crippen LogP contribution in [0.4, 0.5) is 0 Å². The van der Waals surface area contributed by atoms with Gasteiger partial charge in [-0.15, -0.1) is 0 Å². The molecule has 2 rings (SSSR count). The van der Waals surface area contributed by atoms with Crippen molar-refractivity contribution in [2.45, 2.75) is 39.2 Å². The summed E-state index contributed by atoms with van der Waals surface area (Å²) in [5.74, 6) is 1.51. The molecule has 1 aliphatic rings. The van der Waals surface area contributed by atoms with Gasteiger partial charge in [0.1, 0.15) is 5.75 Å². The Morgan fingerprint density at radius 2 is 2.25 bits per heavy atom. The van der Waals surface area contributed by atoms with Crippen LogP contribution < -0.4 is 10.5 Å². The minimum atomic E-state index is -0.244. The van der Waals surface area contributed by atoms with Crippen LogP contribution in [0, 0.1) is 5.92 Å². The van der Waals surface area contributed by atoms with Gasteiger partial charge in [0.05, 0.1) is 6.61 Å². The third-order valence-electron chi connectivity index (χ3n) is 3.95. The second kappa shape index (κ2) is 4.10. The van der Waals surface area contributed by atoms with Crippen LogP contribution in [-0.2, 0) is 12.0 Å². The normalized spacial score (nSPS) is 19.8. The molecular weight excluding hydrogens is 198 g/mol. The summed E-state index contributed by atoms with van der Waals surface area (Å²) in [6.45, 7) is 7.33. The van der Waals surface area contributed by atoms with Crippen molar-refractivity contribution in [1.82, 2.24) is 0 Å². The summed E-state index contributed by atoms with van der Waals surface area (Å²) in [6.07, 6.45) is 2.11. The maximum Gasteiger partial charge on any atom is 0.122 e. The van der Waals surface area contributed by atoms with E-state index in [0.717, 1.165) is 25.2 Å². The molecule has 1 aromatic rings. The van der Waals surface area contributed by atoms with Gasteiger partial charge in [-0.2, -0.15) is 0 Å². The predicted octanol–water partition coefficient (Wildman–Crippen LogP) is 2.84. The van der Waals surface area contributed by atoms with E-state index in [-0.39, 0.29) is 5.54 Å². The van der Waals surface area contributed by atoms with E-state index in [9.17, 15) is 0 Å². The molecule has 2 heteroatoms. The molecule has 0 spiro atoms. The van der Waals surface area contributed by atoms with E-state index in [1.807, 2.05) is 0 Å². The lowest BCUT2D eigenvalue weighted by atomic mass is 9.79. The van der Waals surface area contributed by atoms with Gasteiger partial charge in [-0.05, 0) is 30.0 Å². The van der Waals surface area contributed by atoms with Crippen LogP contribution in [0.1, 0.15) is 38.3 Å². The first-order valence-electron chi connectivity index (χ1n) is 6.10. The van der Waals surface area contributed by atoms with Crippen LogP contribution in [0.15, 0.2) is 18.2 Å². The lowest BCUT2D eigenvalue weighted by molar-refractivity contribution is 0.315. The van der Waals surface area contributed by atoms with Crippen LogP contribution in [0.3, 0.4) is 0 Å². The highest BCUT2D eigenvalue weighted by Crippen LogP contribution is 2.33. The molecule has 0 bridgehead atoms. The van der Waals surface area contributed by atoms with Gasteiger partial charge in [-0.1, -0.05) is 32.4 Å². The lowest BCUT2D eigenvalue weighted by Gasteiger charge is -2.32. The quantitative estimate of drug-likeness (QED) is 0.848. The maximum atomic E-state index is 6.45. The average Bonchev–Trinajstić information content (AvgIpc) is 2.74. The van der Waals surface area contributed by atoms with E-state index in [1.165, 1.54) is 11.1 Å². The Labute approximate surface area is 97.8 Å². The highest BCUT2D eigenvalue weighted by molar-refractivity contribution is 5.42. The fraction of sp³-hybridized carbons (Fsp3) is 0.571. The molecule has 88 valence electrons. The highest BCUT2D eigenvalue weighted by atomic mass is 16.5. The molecule has 1 heterocycles. The molecule has 16 heavy (non-hydrogen) atoms. The first-order valence-corrected chi connectivity index (χ1v) is 6.10. The third kappa shape index (κ3) is 1.82. The molecule has 0 amide bonds. The van der Waals surface area contributed by atoms with Gasteiger partial charge in [-0.3, -0.25) is 0 Å². The Balaban J connectivity index is 2.34. The summed E-state index contributed by atoms with van der Waals surface area (Å²) in [5.41, 5.74) is 8.73. The number of fused-ring (bicyclic) bond motifs is 1. The Morgan fingerprint density at radius 3 is 2.94 bits per heavy atom. The van der Waals surface area contributed by atoms with Crippen molar-refractivity contribution in [3.63, 3.8) is 0 Å². The molecule has 0 fully saturated rings. The molecule has 2 unspecified atom stereocenters. The SMILES string of the molecule is CCC(C)C(C)(N)c1ccc2c(c1)CCO2. The van der Waals surface area contributed by atoms with Crippen molar-refractivity contribution in [3.8, 4) is 5.75 Å². The summed E-state index contributed by atoms with van der Waals surface area (Å²) < 4.78 is 5.51. The highest BCUT2D eigenvalue weighted by Gasteiger charge is 2.28. The fourth-order valence-corrected chi connectivity index (χ4v) is 2.23. The van der Waals surface area contributed by atoms with Gasteiger partial charge in [0.25, 0.3) is 0 Å². The topological polar surface area (TPSA) is 35.2 Å². The minimum absolute atomic E-state index is 0.244. The molecule has 1 aliphatic heterocycles. The first kappa shape index (κ1) is 11.5. The minimum Gasteiger partial charge on any atom is -0.493 e. The molecule has 0 aromatic heterocycles. The zero-order valence-electron chi connectivity index (χ0n) is 10.4. The summed E-state index contributed by atoms with van der Waals surface area (Å²) in [6, 6.07) is 6.38. The second-order valence-corrected chi connectivity index (χ2v) is 5.01. The zero-order chi connectivity index (χ0) is 11.8. The van der Waals surface area contributed by atoms with Crippen molar-refractivity contribution >= 4 is 0 Å². The monoisotopic (exact) mass is 219 g/mol. The van der Waals surface area contributed by atoms with Crippen molar-refractivity contribution in [3.05, 3.63) is 29.3 Å². The summed E-state index contributed by atoms with van der Waals surface area (Å²) in [4.78, 5) is 0. The van der Waals surface area contributed by atoms with E-state index in [2.05, 4.69) is 39.0 Å². The van der Waals surface area contributed by atoms with Crippen LogP contribution in [0.25, 0.3) is 0 Å². The van der Waals surface area contributed by atoms with Gasteiger partial charge < -0.3 is 10.5 Å². The van der Waals surface area contributed by atoms with E-state index >= 15 is 0 Å². The van der Waals surface area contributed by atoms with E-state index in [1.54, 1.807) is 0 Å². The molecule has 1 aromatic carbocycles. The van der Waals surface area contributed by atoms with Gasteiger partial charge in [0, 0.05) is 12.0 Å². The number of rotatable bonds is 3. The van der Waals surface area contributed by atoms with Crippen molar-refractivity contribution < 1.29 is 4.74 Å². The van der Waals surface area contributed by atoms with Crippen LogP contribution in [-0.4, -0.2) is 6.61 Å². The fourth-order valence-electron chi connectivity index (χ4n) is 2.23. The van der Waals surface area contributed by atoms with Gasteiger partial charge in [0.2, 0.25) is 0 Å². The smallest absolute Gasteiger partial charge is 0.122 e. The van der Waals surface area contributed by atoms with Crippen molar-refractivity contribution in [2.24, 2.45) is 11.7 Å². The number of hydrogen-bond acceptors (Lipinski definition) is 2. The van der Waals surface area contributed by atoms with Crippen LogP contribution in [0.5, 0.6) is 5.75 Å². The summed E-state index contributed by atoms with van der Waals surface area (Å²) >= 11 is 0. The third-order valence-corrected chi connectivity index (χ3v) is 3.95. The molecule has 0 saturated heterocycles. The van der Waals surface area contributed by atoms with Crippen LogP contribution >= 0.6 is 0 Å². The van der Waals surface area contributed by atoms with Gasteiger partial charge >= 0.3 is 0 Å². The van der Waals surface area contributed by atoms with E-state index in [0.29, 0.717) is 5.92 Å².